The third-order valence-corrected chi connectivity index (χ3v) is 4.74. The SMILES string of the molecule is O=c1c2ccccc2nnn1CN1CCN(c2cccc(Cl)c2)CC1. The molecule has 0 N–H and O–H groups in total. The van der Waals surface area contributed by atoms with Crippen LogP contribution in [0.3, 0.4) is 0 Å². The van der Waals surface area contributed by atoms with Gasteiger partial charge >= 0.3 is 0 Å². The molecule has 1 fully saturated rings. The molecule has 0 bridgehead atoms. The molecule has 4 rings (SSSR count). The number of hydrogen-bond donors (Lipinski definition) is 0. The summed E-state index contributed by atoms with van der Waals surface area (Å²) >= 11 is 6.07. The zero-order valence-electron chi connectivity index (χ0n) is 13.7. The van der Waals surface area contributed by atoms with E-state index < -0.39 is 0 Å². The number of fused-ring (bicyclic) bond motifs is 1. The number of hydrogen-bond acceptors (Lipinski definition) is 5. The lowest BCUT2D eigenvalue weighted by Crippen LogP contribution is -2.48. The number of piperazine rings is 1. The summed E-state index contributed by atoms with van der Waals surface area (Å²) in [5.74, 6) is 0. The highest BCUT2D eigenvalue weighted by atomic mass is 35.5. The summed E-state index contributed by atoms with van der Waals surface area (Å²) < 4.78 is 1.44. The highest BCUT2D eigenvalue weighted by Crippen LogP contribution is 2.20. The van der Waals surface area contributed by atoms with E-state index >= 15 is 0 Å². The maximum atomic E-state index is 12.5. The van der Waals surface area contributed by atoms with Gasteiger partial charge < -0.3 is 4.90 Å². The zero-order chi connectivity index (χ0) is 17.2. The Kier molecular flexibility index (Phi) is 4.38. The molecule has 7 heteroatoms. The van der Waals surface area contributed by atoms with E-state index in [9.17, 15) is 4.79 Å². The van der Waals surface area contributed by atoms with Crippen molar-refractivity contribution in [2.24, 2.45) is 0 Å². The fourth-order valence-electron chi connectivity index (χ4n) is 3.13. The van der Waals surface area contributed by atoms with E-state index in [0.717, 1.165) is 36.9 Å². The Balaban J connectivity index is 1.45. The van der Waals surface area contributed by atoms with Crippen LogP contribution < -0.4 is 10.5 Å². The first kappa shape index (κ1) is 16.1. The Morgan fingerprint density at radius 3 is 2.60 bits per heavy atom. The van der Waals surface area contributed by atoms with Crippen LogP contribution in [-0.4, -0.2) is 46.1 Å². The lowest BCUT2D eigenvalue weighted by molar-refractivity contribution is 0.189. The third-order valence-electron chi connectivity index (χ3n) is 4.51. The molecule has 1 saturated heterocycles. The summed E-state index contributed by atoms with van der Waals surface area (Å²) in [4.78, 5) is 17.1. The summed E-state index contributed by atoms with van der Waals surface area (Å²) in [5.41, 5.74) is 1.67. The van der Waals surface area contributed by atoms with Crippen LogP contribution in [0, 0.1) is 0 Å². The molecule has 1 aliphatic rings. The van der Waals surface area contributed by atoms with Gasteiger partial charge in [0.15, 0.2) is 0 Å². The minimum Gasteiger partial charge on any atom is -0.369 e. The lowest BCUT2D eigenvalue weighted by atomic mass is 10.2. The van der Waals surface area contributed by atoms with Crippen molar-refractivity contribution in [3.05, 3.63) is 63.9 Å². The Hall–Kier alpha value is -2.44. The van der Waals surface area contributed by atoms with Crippen molar-refractivity contribution in [1.82, 2.24) is 19.9 Å². The van der Waals surface area contributed by atoms with E-state index in [1.54, 1.807) is 12.1 Å². The molecule has 25 heavy (non-hydrogen) atoms. The first-order valence-corrected chi connectivity index (χ1v) is 8.64. The summed E-state index contributed by atoms with van der Waals surface area (Å²) in [7, 11) is 0. The van der Waals surface area contributed by atoms with Crippen LogP contribution in [0.25, 0.3) is 10.9 Å². The zero-order valence-corrected chi connectivity index (χ0v) is 14.4. The van der Waals surface area contributed by atoms with E-state index in [4.69, 9.17) is 11.6 Å². The molecule has 6 nitrogen and oxygen atoms in total. The Morgan fingerprint density at radius 2 is 1.80 bits per heavy atom. The first-order valence-electron chi connectivity index (χ1n) is 8.26. The number of anilines is 1. The van der Waals surface area contributed by atoms with Crippen LogP contribution in [0.1, 0.15) is 0 Å². The van der Waals surface area contributed by atoms with Crippen LogP contribution in [0.15, 0.2) is 53.3 Å². The predicted molar refractivity (Wildman–Crippen MR) is 99.0 cm³/mol. The molecule has 0 unspecified atom stereocenters. The molecular formula is C18H18ClN5O. The summed E-state index contributed by atoms with van der Waals surface area (Å²) in [6, 6.07) is 15.2. The molecule has 0 radical (unpaired) electrons. The second-order valence-corrected chi connectivity index (χ2v) is 6.57. The lowest BCUT2D eigenvalue weighted by Gasteiger charge is -2.35. The largest absolute Gasteiger partial charge is 0.369 e. The number of nitrogens with zero attached hydrogens (tertiary/aromatic N) is 5. The monoisotopic (exact) mass is 355 g/mol. The molecule has 2 heterocycles. The Labute approximate surface area is 150 Å². The molecule has 1 aromatic heterocycles. The highest BCUT2D eigenvalue weighted by molar-refractivity contribution is 6.30. The van der Waals surface area contributed by atoms with Gasteiger partial charge in [0.1, 0.15) is 5.52 Å². The van der Waals surface area contributed by atoms with Crippen LogP contribution >= 0.6 is 11.6 Å². The van der Waals surface area contributed by atoms with Gasteiger partial charge in [-0.2, -0.15) is 4.68 Å². The van der Waals surface area contributed by atoms with Crippen molar-refractivity contribution >= 4 is 28.2 Å². The minimum absolute atomic E-state index is 0.0946. The predicted octanol–water partition coefficient (Wildman–Crippen LogP) is 2.22. The van der Waals surface area contributed by atoms with Gasteiger partial charge in [0.05, 0.1) is 12.1 Å². The van der Waals surface area contributed by atoms with Crippen molar-refractivity contribution in [1.29, 1.82) is 0 Å². The quantitative estimate of drug-likeness (QED) is 0.721. The van der Waals surface area contributed by atoms with E-state index in [1.165, 1.54) is 4.68 Å². The van der Waals surface area contributed by atoms with Gasteiger partial charge in [0.2, 0.25) is 0 Å². The molecule has 0 aliphatic carbocycles. The van der Waals surface area contributed by atoms with Gasteiger partial charge in [-0.15, -0.1) is 5.10 Å². The number of rotatable bonds is 3. The average molecular weight is 356 g/mol. The highest BCUT2D eigenvalue weighted by Gasteiger charge is 2.18. The summed E-state index contributed by atoms with van der Waals surface area (Å²) in [5, 5.41) is 9.57. The van der Waals surface area contributed by atoms with Gasteiger partial charge in [0.25, 0.3) is 5.56 Å². The molecule has 1 aliphatic heterocycles. The second-order valence-electron chi connectivity index (χ2n) is 6.14. The summed E-state index contributed by atoms with van der Waals surface area (Å²) in [6.07, 6.45) is 0. The molecule has 0 amide bonds. The number of benzene rings is 2. The van der Waals surface area contributed by atoms with Gasteiger partial charge in [-0.25, -0.2) is 0 Å². The van der Waals surface area contributed by atoms with Crippen molar-refractivity contribution in [3.8, 4) is 0 Å². The van der Waals surface area contributed by atoms with Crippen molar-refractivity contribution in [2.45, 2.75) is 6.67 Å². The standard InChI is InChI=1S/C18H18ClN5O/c19-14-4-3-5-15(12-14)23-10-8-22(9-11-23)13-24-18(25)16-6-1-2-7-17(16)20-21-24/h1-7,12H,8-11,13H2. The first-order chi connectivity index (χ1) is 12.2. The average Bonchev–Trinajstić information content (AvgIpc) is 2.65. The van der Waals surface area contributed by atoms with Crippen LogP contribution in [0.5, 0.6) is 0 Å². The van der Waals surface area contributed by atoms with E-state index in [0.29, 0.717) is 17.6 Å². The molecule has 3 aromatic rings. The van der Waals surface area contributed by atoms with E-state index in [-0.39, 0.29) is 5.56 Å². The van der Waals surface area contributed by atoms with Crippen LogP contribution in [0.2, 0.25) is 5.02 Å². The van der Waals surface area contributed by atoms with Crippen LogP contribution in [0.4, 0.5) is 5.69 Å². The fraction of sp³-hybridized carbons (Fsp3) is 0.278. The maximum absolute atomic E-state index is 12.5. The van der Waals surface area contributed by atoms with E-state index in [2.05, 4.69) is 26.2 Å². The second kappa shape index (κ2) is 6.82. The molecule has 0 atom stereocenters. The summed E-state index contributed by atoms with van der Waals surface area (Å²) in [6.45, 7) is 3.94. The fourth-order valence-corrected chi connectivity index (χ4v) is 3.31. The van der Waals surface area contributed by atoms with Gasteiger partial charge in [0, 0.05) is 36.9 Å². The van der Waals surface area contributed by atoms with Crippen molar-refractivity contribution in [3.63, 3.8) is 0 Å². The smallest absolute Gasteiger partial charge is 0.278 e. The van der Waals surface area contributed by atoms with Gasteiger partial charge in [-0.05, 0) is 30.3 Å². The maximum Gasteiger partial charge on any atom is 0.278 e. The Morgan fingerprint density at radius 1 is 1.00 bits per heavy atom. The third kappa shape index (κ3) is 3.36. The number of halogens is 1. The molecule has 128 valence electrons. The van der Waals surface area contributed by atoms with Gasteiger partial charge in [-0.3, -0.25) is 9.69 Å². The molecule has 2 aromatic carbocycles. The normalized spacial score (nSPS) is 15.6. The minimum atomic E-state index is -0.0946. The molecule has 0 saturated carbocycles. The Bertz CT molecular complexity index is 949. The molecule has 0 spiro atoms. The number of aromatic nitrogens is 3. The van der Waals surface area contributed by atoms with Crippen molar-refractivity contribution < 1.29 is 0 Å². The van der Waals surface area contributed by atoms with Gasteiger partial charge in [-0.1, -0.05) is 35.0 Å². The van der Waals surface area contributed by atoms with Crippen LogP contribution in [-0.2, 0) is 6.67 Å². The van der Waals surface area contributed by atoms with Crippen molar-refractivity contribution in [2.75, 3.05) is 31.1 Å². The van der Waals surface area contributed by atoms with E-state index in [1.807, 2.05) is 30.3 Å². The molecular weight excluding hydrogens is 338 g/mol. The topological polar surface area (TPSA) is 54.3 Å².